The molecule has 0 N–H and O–H groups in total. The van der Waals surface area contributed by atoms with E-state index in [2.05, 4.69) is 103 Å². The van der Waals surface area contributed by atoms with E-state index in [9.17, 15) is 5.26 Å². The average molecular weight is 683 g/mol. The second-order valence-corrected chi connectivity index (χ2v) is 13.7. The monoisotopic (exact) mass is 682 g/mol. The van der Waals surface area contributed by atoms with Crippen LogP contribution in [0.1, 0.15) is 5.56 Å². The molecule has 7 aromatic carbocycles. The summed E-state index contributed by atoms with van der Waals surface area (Å²) in [6.07, 6.45) is 0. The lowest BCUT2D eigenvalue weighted by Crippen LogP contribution is -2.00. The van der Waals surface area contributed by atoms with E-state index in [0.717, 1.165) is 81.1 Å². The van der Waals surface area contributed by atoms with Crippen molar-refractivity contribution in [3.05, 3.63) is 163 Å². The summed E-state index contributed by atoms with van der Waals surface area (Å²) in [5.41, 5.74) is 9.40. The second-order valence-electron chi connectivity index (χ2n) is 12.7. The highest BCUT2D eigenvalue weighted by molar-refractivity contribution is 7.26. The van der Waals surface area contributed by atoms with E-state index in [-0.39, 0.29) is 0 Å². The zero-order valence-electron chi connectivity index (χ0n) is 27.6. The van der Waals surface area contributed by atoms with Crippen molar-refractivity contribution in [2.75, 3.05) is 0 Å². The van der Waals surface area contributed by atoms with E-state index in [0.29, 0.717) is 23.0 Å². The molecule has 0 saturated heterocycles. The molecule has 52 heavy (non-hydrogen) atoms. The third kappa shape index (κ3) is 4.95. The maximum Gasteiger partial charge on any atom is 0.165 e. The van der Waals surface area contributed by atoms with Gasteiger partial charge in [0.25, 0.3) is 0 Å². The maximum atomic E-state index is 9.87. The minimum absolute atomic E-state index is 0.550. The summed E-state index contributed by atoms with van der Waals surface area (Å²) in [5.74, 6) is 1.69. The molecule has 0 spiro atoms. The molecule has 0 bridgehead atoms. The largest absolute Gasteiger partial charge is 0.456 e. The van der Waals surface area contributed by atoms with Gasteiger partial charge in [-0.2, -0.15) is 5.26 Å². The third-order valence-electron chi connectivity index (χ3n) is 9.61. The van der Waals surface area contributed by atoms with Gasteiger partial charge in [0.15, 0.2) is 17.5 Å². The molecular weight excluding hydrogens is 657 g/mol. The predicted octanol–water partition coefficient (Wildman–Crippen LogP) is 12.3. The van der Waals surface area contributed by atoms with Gasteiger partial charge in [-0.15, -0.1) is 11.3 Å². The number of hydrogen-bond acceptors (Lipinski definition) is 6. The van der Waals surface area contributed by atoms with Gasteiger partial charge in [-0.05, 0) is 52.6 Å². The van der Waals surface area contributed by atoms with Gasteiger partial charge in [-0.25, -0.2) is 15.0 Å². The number of nitriles is 1. The highest BCUT2D eigenvalue weighted by Crippen LogP contribution is 2.42. The number of thiophene rings is 1. The van der Waals surface area contributed by atoms with Crippen LogP contribution >= 0.6 is 11.3 Å². The minimum Gasteiger partial charge on any atom is -0.456 e. The Morgan fingerprint density at radius 3 is 1.81 bits per heavy atom. The highest BCUT2D eigenvalue weighted by atomic mass is 32.1. The summed E-state index contributed by atoms with van der Waals surface area (Å²) < 4.78 is 8.47. The fraction of sp³-hybridized carbons (Fsp3) is 0. The first-order valence-corrected chi connectivity index (χ1v) is 17.8. The molecule has 3 aromatic heterocycles. The Kier molecular flexibility index (Phi) is 6.98. The molecule has 0 aliphatic carbocycles. The van der Waals surface area contributed by atoms with Crippen LogP contribution in [-0.2, 0) is 0 Å². The highest BCUT2D eigenvalue weighted by Gasteiger charge is 2.19. The number of aromatic nitrogens is 3. The normalized spacial score (nSPS) is 11.4. The van der Waals surface area contributed by atoms with Crippen molar-refractivity contribution in [2.24, 2.45) is 0 Å². The van der Waals surface area contributed by atoms with Crippen LogP contribution in [0.25, 0.3) is 98.5 Å². The number of furan rings is 1. The molecule has 242 valence electrons. The predicted molar refractivity (Wildman–Crippen MR) is 212 cm³/mol. The SMILES string of the molecule is N#Cc1cccc2c1sc1c(-c3nc(-c4ccc(-c5ccccc5)cc4)nc(-c4ccc5c(c4)oc4cccc(-c6ccccc6)c45)n3)cccc12. The third-order valence-corrected chi connectivity index (χ3v) is 10.9. The summed E-state index contributed by atoms with van der Waals surface area (Å²) in [4.78, 5) is 15.3. The molecule has 0 atom stereocenters. The van der Waals surface area contributed by atoms with Crippen LogP contribution in [0.15, 0.2) is 162 Å². The number of benzene rings is 7. The maximum absolute atomic E-state index is 9.87. The molecular formula is C46H26N4OS. The first-order valence-electron chi connectivity index (χ1n) is 17.0. The average Bonchev–Trinajstić information content (AvgIpc) is 3.80. The summed E-state index contributed by atoms with van der Waals surface area (Å²) in [7, 11) is 0. The van der Waals surface area contributed by atoms with Crippen LogP contribution in [0, 0.1) is 11.3 Å². The first-order chi connectivity index (χ1) is 25.7. The number of rotatable bonds is 5. The van der Waals surface area contributed by atoms with Crippen molar-refractivity contribution in [2.45, 2.75) is 0 Å². The molecule has 3 heterocycles. The van der Waals surface area contributed by atoms with Crippen molar-refractivity contribution >= 4 is 53.4 Å². The summed E-state index contributed by atoms with van der Waals surface area (Å²) >= 11 is 1.60. The lowest BCUT2D eigenvalue weighted by atomic mass is 9.99. The standard InChI is InChI=1S/C46H26N4OS/c47-27-33-14-7-16-35-36-17-8-18-38(43(36)52-42(33)35)46-49-44(31-22-20-29(21-23-31)28-10-3-1-4-11-28)48-45(50-46)32-24-25-37-40(26-32)51-39-19-9-15-34(41(37)39)30-12-5-2-6-13-30/h1-26H. The molecule has 0 fully saturated rings. The fourth-order valence-corrected chi connectivity index (χ4v) is 8.38. The Bertz CT molecular complexity index is 3010. The smallest absolute Gasteiger partial charge is 0.165 e. The van der Waals surface area contributed by atoms with Gasteiger partial charge in [0.1, 0.15) is 17.2 Å². The van der Waals surface area contributed by atoms with Crippen molar-refractivity contribution < 1.29 is 4.42 Å². The Balaban J connectivity index is 1.16. The number of nitrogens with zero attached hydrogens (tertiary/aromatic N) is 4. The van der Waals surface area contributed by atoms with E-state index in [1.807, 2.05) is 60.7 Å². The van der Waals surface area contributed by atoms with Gasteiger partial charge < -0.3 is 4.42 Å². The van der Waals surface area contributed by atoms with Crippen molar-refractivity contribution in [1.82, 2.24) is 15.0 Å². The summed E-state index contributed by atoms with van der Waals surface area (Å²) in [5, 5.41) is 14.1. The molecule has 10 rings (SSSR count). The van der Waals surface area contributed by atoms with Crippen LogP contribution in [0.3, 0.4) is 0 Å². The summed E-state index contributed by atoms with van der Waals surface area (Å²) in [6.45, 7) is 0. The number of hydrogen-bond donors (Lipinski definition) is 0. The van der Waals surface area contributed by atoms with Crippen LogP contribution in [0.5, 0.6) is 0 Å². The molecule has 0 unspecified atom stereocenters. The van der Waals surface area contributed by atoms with E-state index in [1.165, 1.54) is 0 Å². The minimum atomic E-state index is 0.550. The van der Waals surface area contributed by atoms with Crippen LogP contribution < -0.4 is 0 Å². The van der Waals surface area contributed by atoms with E-state index in [1.54, 1.807) is 11.3 Å². The van der Waals surface area contributed by atoms with Crippen molar-refractivity contribution in [1.29, 1.82) is 5.26 Å². The molecule has 6 heteroatoms. The molecule has 0 radical (unpaired) electrons. The Morgan fingerprint density at radius 1 is 0.442 bits per heavy atom. The zero-order chi connectivity index (χ0) is 34.6. The lowest BCUT2D eigenvalue weighted by molar-refractivity contribution is 0.669. The molecule has 0 amide bonds. The Morgan fingerprint density at radius 2 is 1.04 bits per heavy atom. The van der Waals surface area contributed by atoms with E-state index >= 15 is 0 Å². The molecule has 0 saturated carbocycles. The second kappa shape index (κ2) is 12.1. The van der Waals surface area contributed by atoms with Crippen molar-refractivity contribution in [3.63, 3.8) is 0 Å². The van der Waals surface area contributed by atoms with Gasteiger partial charge in [-0.1, -0.05) is 127 Å². The molecule has 0 aliphatic rings. The van der Waals surface area contributed by atoms with Gasteiger partial charge in [0.05, 0.1) is 10.3 Å². The molecule has 0 aliphatic heterocycles. The van der Waals surface area contributed by atoms with Gasteiger partial charge in [-0.3, -0.25) is 0 Å². The molecule has 5 nitrogen and oxygen atoms in total. The van der Waals surface area contributed by atoms with Crippen LogP contribution in [0.2, 0.25) is 0 Å². The van der Waals surface area contributed by atoms with Gasteiger partial charge in [0.2, 0.25) is 0 Å². The van der Waals surface area contributed by atoms with Crippen LogP contribution in [-0.4, -0.2) is 15.0 Å². The van der Waals surface area contributed by atoms with E-state index in [4.69, 9.17) is 19.4 Å². The van der Waals surface area contributed by atoms with Gasteiger partial charge >= 0.3 is 0 Å². The van der Waals surface area contributed by atoms with Crippen molar-refractivity contribution in [3.8, 4) is 62.5 Å². The Labute approximate surface area is 302 Å². The fourth-order valence-electron chi connectivity index (χ4n) is 7.10. The number of fused-ring (bicyclic) bond motifs is 6. The Hall–Kier alpha value is -6.94. The molecule has 10 aromatic rings. The van der Waals surface area contributed by atoms with E-state index < -0.39 is 0 Å². The zero-order valence-corrected chi connectivity index (χ0v) is 28.4. The topological polar surface area (TPSA) is 75.6 Å². The summed E-state index contributed by atoms with van der Waals surface area (Å²) in [6, 6.07) is 55.9. The first kappa shape index (κ1) is 29.9. The van der Waals surface area contributed by atoms with Crippen LogP contribution in [0.4, 0.5) is 0 Å². The van der Waals surface area contributed by atoms with Gasteiger partial charge in [0, 0.05) is 42.9 Å². The quantitative estimate of drug-likeness (QED) is 0.181. The lowest BCUT2D eigenvalue weighted by Gasteiger charge is -2.10.